The van der Waals surface area contributed by atoms with Gasteiger partial charge in [0.25, 0.3) is 0 Å². The van der Waals surface area contributed by atoms with E-state index in [1.165, 1.54) is 7.11 Å². The van der Waals surface area contributed by atoms with Crippen molar-refractivity contribution in [2.75, 3.05) is 32.6 Å². The highest BCUT2D eigenvalue weighted by molar-refractivity contribution is 8.14. The highest BCUT2D eigenvalue weighted by Crippen LogP contribution is 2.19. The Hall–Kier alpha value is -1.91. The number of ether oxygens (including phenoxy) is 1. The molecule has 0 aromatic rings. The van der Waals surface area contributed by atoms with Gasteiger partial charge >= 0.3 is 5.97 Å². The third-order valence-corrected chi connectivity index (χ3v) is 4.10. The lowest BCUT2D eigenvalue weighted by Gasteiger charge is -2.27. The predicted molar refractivity (Wildman–Crippen MR) is 96.1 cm³/mol. The molecule has 0 saturated carbocycles. The summed E-state index contributed by atoms with van der Waals surface area (Å²) in [7, 11) is 1.20. The summed E-state index contributed by atoms with van der Waals surface area (Å²) in [6, 6.07) is 0. The Morgan fingerprint density at radius 3 is 2.38 bits per heavy atom. The minimum absolute atomic E-state index is 0.0128. The maximum absolute atomic E-state index is 11.7. The zero-order valence-electron chi connectivity index (χ0n) is 15.1. The molecule has 1 atom stereocenters. The van der Waals surface area contributed by atoms with Crippen molar-refractivity contribution in [3.8, 4) is 0 Å². The number of methoxy groups -OCH3 is 1. The second-order valence-corrected chi connectivity index (χ2v) is 7.06. The maximum atomic E-state index is 11.7. The van der Waals surface area contributed by atoms with Crippen LogP contribution in [0.2, 0.25) is 0 Å². The van der Waals surface area contributed by atoms with E-state index in [4.69, 9.17) is 5.11 Å². The third-order valence-electron chi connectivity index (χ3n) is 3.27. The lowest BCUT2D eigenvalue weighted by atomic mass is 9.87. The first-order valence-electron chi connectivity index (χ1n) is 7.90. The maximum Gasteiger partial charge on any atom is 0.330 e. The average molecular weight is 390 g/mol. The van der Waals surface area contributed by atoms with Crippen molar-refractivity contribution < 1.29 is 34.1 Å². The van der Waals surface area contributed by atoms with Gasteiger partial charge in [-0.3, -0.25) is 14.4 Å². The van der Waals surface area contributed by atoms with E-state index < -0.39 is 23.4 Å². The lowest BCUT2D eigenvalue weighted by Crippen LogP contribution is -2.46. The van der Waals surface area contributed by atoms with Crippen molar-refractivity contribution in [2.45, 2.75) is 26.4 Å². The third kappa shape index (κ3) is 10.2. The summed E-state index contributed by atoms with van der Waals surface area (Å²) in [5, 5.41) is 23.6. The van der Waals surface area contributed by atoms with Gasteiger partial charge < -0.3 is 25.6 Å². The number of esters is 1. The minimum atomic E-state index is -1.38. The smallest absolute Gasteiger partial charge is 0.330 e. The number of carbonyl (C=O) groups is 4. The van der Waals surface area contributed by atoms with Crippen molar-refractivity contribution in [3.63, 3.8) is 0 Å². The molecule has 0 heterocycles. The second kappa shape index (κ2) is 12.4. The molecular weight excluding hydrogens is 364 g/mol. The topological polar surface area (TPSA) is 142 Å². The molecule has 0 aromatic carbocycles. The first-order valence-corrected chi connectivity index (χ1v) is 8.88. The SMILES string of the molecule is COC(=O)/C=C/C(=O)SCCNC(=O)CCNC(=O)[C@H](O)C(C)(C)CO. The first kappa shape index (κ1) is 24.1. The fraction of sp³-hybridized carbons (Fsp3) is 0.625. The van der Waals surface area contributed by atoms with Crippen LogP contribution in [0, 0.1) is 5.41 Å². The number of rotatable bonds is 11. The van der Waals surface area contributed by atoms with Gasteiger partial charge in [-0.25, -0.2) is 4.79 Å². The largest absolute Gasteiger partial charge is 0.466 e. The molecule has 9 nitrogen and oxygen atoms in total. The van der Waals surface area contributed by atoms with Gasteiger partial charge in [0.05, 0.1) is 13.7 Å². The Bertz CT molecular complexity index is 535. The minimum Gasteiger partial charge on any atom is -0.466 e. The molecule has 0 fully saturated rings. The quantitative estimate of drug-likeness (QED) is 0.199. The number of thioether (sulfide) groups is 1. The lowest BCUT2D eigenvalue weighted by molar-refractivity contribution is -0.137. The number of amides is 2. The van der Waals surface area contributed by atoms with Crippen LogP contribution in [0.15, 0.2) is 12.2 Å². The van der Waals surface area contributed by atoms with Crippen molar-refractivity contribution in [1.29, 1.82) is 0 Å². The molecule has 0 unspecified atom stereocenters. The van der Waals surface area contributed by atoms with Crippen LogP contribution in [0.4, 0.5) is 0 Å². The molecule has 4 N–H and O–H groups in total. The van der Waals surface area contributed by atoms with Gasteiger partial charge in [-0.2, -0.15) is 0 Å². The molecule has 0 aliphatic carbocycles. The summed E-state index contributed by atoms with van der Waals surface area (Å²) in [6.45, 7) is 3.02. The van der Waals surface area contributed by atoms with E-state index in [0.29, 0.717) is 5.75 Å². The van der Waals surface area contributed by atoms with Gasteiger partial charge in [0.2, 0.25) is 16.9 Å². The van der Waals surface area contributed by atoms with E-state index in [0.717, 1.165) is 23.9 Å². The molecule has 0 bridgehead atoms. The Balaban J connectivity index is 3.91. The Labute approximate surface area is 156 Å². The molecule has 0 aliphatic heterocycles. The van der Waals surface area contributed by atoms with Gasteiger partial charge in [-0.1, -0.05) is 25.6 Å². The zero-order valence-corrected chi connectivity index (χ0v) is 15.9. The first-order chi connectivity index (χ1) is 12.1. The monoisotopic (exact) mass is 390 g/mol. The molecule has 0 radical (unpaired) electrons. The summed E-state index contributed by atoms with van der Waals surface area (Å²) < 4.78 is 4.35. The van der Waals surface area contributed by atoms with Crippen molar-refractivity contribution in [3.05, 3.63) is 12.2 Å². The van der Waals surface area contributed by atoms with Crippen LogP contribution in [0.25, 0.3) is 0 Å². The zero-order chi connectivity index (χ0) is 20.2. The van der Waals surface area contributed by atoms with Gasteiger partial charge in [0, 0.05) is 36.8 Å². The van der Waals surface area contributed by atoms with Crippen molar-refractivity contribution in [1.82, 2.24) is 10.6 Å². The van der Waals surface area contributed by atoms with Crippen LogP contribution in [0.3, 0.4) is 0 Å². The summed E-state index contributed by atoms with van der Waals surface area (Å²) in [5.74, 6) is -1.28. The second-order valence-electron chi connectivity index (χ2n) is 5.96. The number of hydrogen-bond acceptors (Lipinski definition) is 8. The highest BCUT2D eigenvalue weighted by atomic mass is 32.2. The molecule has 2 amide bonds. The number of aliphatic hydroxyl groups excluding tert-OH is 2. The fourth-order valence-electron chi connectivity index (χ4n) is 1.52. The summed E-state index contributed by atoms with van der Waals surface area (Å²) >= 11 is 0.934. The molecule has 0 aromatic heterocycles. The summed E-state index contributed by atoms with van der Waals surface area (Å²) in [5.41, 5.74) is -0.974. The van der Waals surface area contributed by atoms with Crippen LogP contribution in [-0.2, 0) is 23.9 Å². The van der Waals surface area contributed by atoms with Gasteiger partial charge in [-0.05, 0) is 6.08 Å². The summed E-state index contributed by atoms with van der Waals surface area (Å²) in [6.07, 6.45) is 0.741. The Kier molecular flexibility index (Phi) is 11.5. The van der Waals surface area contributed by atoms with E-state index >= 15 is 0 Å². The van der Waals surface area contributed by atoms with Crippen LogP contribution in [0.5, 0.6) is 0 Å². The van der Waals surface area contributed by atoms with E-state index in [9.17, 15) is 24.3 Å². The molecule has 0 rings (SSSR count). The molecular formula is C16H26N2O7S. The van der Waals surface area contributed by atoms with Crippen LogP contribution in [0.1, 0.15) is 20.3 Å². The number of hydrogen-bond donors (Lipinski definition) is 4. The Morgan fingerprint density at radius 2 is 1.81 bits per heavy atom. The van der Waals surface area contributed by atoms with Crippen molar-refractivity contribution >= 4 is 34.7 Å². The molecule has 148 valence electrons. The highest BCUT2D eigenvalue weighted by Gasteiger charge is 2.32. The molecule has 10 heteroatoms. The predicted octanol–water partition coefficient (Wildman–Crippen LogP) is -1.02. The van der Waals surface area contributed by atoms with E-state index in [1.807, 2.05) is 0 Å². The van der Waals surface area contributed by atoms with Crippen molar-refractivity contribution in [2.24, 2.45) is 5.41 Å². The normalized spacial score (nSPS) is 12.5. The van der Waals surface area contributed by atoms with E-state index in [2.05, 4.69) is 15.4 Å². The van der Waals surface area contributed by atoms with Gasteiger partial charge in [-0.15, -0.1) is 0 Å². The van der Waals surface area contributed by atoms with Crippen LogP contribution in [-0.4, -0.2) is 71.8 Å². The number of aliphatic hydroxyl groups is 2. The number of carbonyl (C=O) groups excluding carboxylic acids is 4. The number of nitrogens with one attached hydrogen (secondary N) is 2. The standard InChI is InChI=1S/C16H26N2O7S/c1-16(2,10-19)14(23)15(24)18-7-6-11(20)17-8-9-26-13(22)5-4-12(21)25-3/h4-5,14,19,23H,6-10H2,1-3H3,(H,17,20)(H,18,24)/b5-4+/t14-/m0/s1. The average Bonchev–Trinajstić information content (AvgIpc) is 2.62. The van der Waals surface area contributed by atoms with Gasteiger partial charge in [0.15, 0.2) is 0 Å². The molecule has 0 saturated heterocycles. The van der Waals surface area contributed by atoms with Crippen LogP contribution < -0.4 is 10.6 Å². The summed E-state index contributed by atoms with van der Waals surface area (Å²) in [4.78, 5) is 45.5. The van der Waals surface area contributed by atoms with Crippen LogP contribution >= 0.6 is 11.8 Å². The molecule has 26 heavy (non-hydrogen) atoms. The van der Waals surface area contributed by atoms with E-state index in [1.54, 1.807) is 13.8 Å². The Morgan fingerprint density at radius 1 is 1.15 bits per heavy atom. The molecule has 0 aliphatic rings. The van der Waals surface area contributed by atoms with E-state index in [-0.39, 0.29) is 37.1 Å². The fourth-order valence-corrected chi connectivity index (χ4v) is 2.09. The van der Waals surface area contributed by atoms with Gasteiger partial charge in [0.1, 0.15) is 6.10 Å². The molecule has 0 spiro atoms.